The van der Waals surface area contributed by atoms with Crippen LogP contribution in [0.1, 0.15) is 20.3 Å². The van der Waals surface area contributed by atoms with Crippen molar-refractivity contribution >= 4 is 0 Å². The van der Waals surface area contributed by atoms with E-state index in [2.05, 4.69) is 13.8 Å². The summed E-state index contributed by atoms with van der Waals surface area (Å²) in [5, 5.41) is 9.39. The Bertz CT molecular complexity index is 127. The molecule has 3 nitrogen and oxygen atoms in total. The molecule has 11 heavy (non-hydrogen) atoms. The molecule has 1 aliphatic heterocycles. The summed E-state index contributed by atoms with van der Waals surface area (Å²) in [6.07, 6.45) is 0.486. The first kappa shape index (κ1) is 8.97. The maximum atomic E-state index is 9.39. The maximum Gasteiger partial charge on any atom is 0.0738 e. The molecule has 1 saturated heterocycles. The molecule has 1 aliphatic rings. The van der Waals surface area contributed by atoms with Crippen LogP contribution >= 0.6 is 0 Å². The summed E-state index contributed by atoms with van der Waals surface area (Å²) in [5.41, 5.74) is 5.57. The van der Waals surface area contributed by atoms with Gasteiger partial charge in [-0.15, -0.1) is 0 Å². The summed E-state index contributed by atoms with van der Waals surface area (Å²) in [4.78, 5) is 0. The zero-order valence-corrected chi connectivity index (χ0v) is 7.16. The highest BCUT2D eigenvalue weighted by molar-refractivity contribution is 4.81. The molecule has 0 aliphatic carbocycles. The third-order valence-corrected chi connectivity index (χ3v) is 2.21. The lowest BCUT2D eigenvalue weighted by molar-refractivity contribution is -0.0746. The second kappa shape index (κ2) is 3.52. The molecule has 3 atom stereocenters. The fourth-order valence-corrected chi connectivity index (χ4v) is 1.29. The molecule has 3 heteroatoms. The predicted molar refractivity (Wildman–Crippen MR) is 43.2 cm³/mol. The highest BCUT2D eigenvalue weighted by Gasteiger charge is 2.28. The van der Waals surface area contributed by atoms with Crippen molar-refractivity contribution in [3.8, 4) is 0 Å². The SMILES string of the molecule is CC(C)[C@@H]1C[C@H](O)[C@H](N)CO1. The Kier molecular flexibility index (Phi) is 2.87. The van der Waals surface area contributed by atoms with E-state index in [0.717, 1.165) is 0 Å². The van der Waals surface area contributed by atoms with Crippen molar-refractivity contribution < 1.29 is 9.84 Å². The molecule has 66 valence electrons. The van der Waals surface area contributed by atoms with E-state index < -0.39 is 0 Å². The molecule has 0 aromatic rings. The minimum atomic E-state index is -0.379. The van der Waals surface area contributed by atoms with Crippen LogP contribution in [0.2, 0.25) is 0 Å². The van der Waals surface area contributed by atoms with Crippen molar-refractivity contribution in [2.75, 3.05) is 6.61 Å². The number of nitrogens with two attached hydrogens (primary N) is 1. The first-order valence-electron chi connectivity index (χ1n) is 4.16. The van der Waals surface area contributed by atoms with Crippen molar-refractivity contribution in [2.45, 2.75) is 38.5 Å². The predicted octanol–water partition coefficient (Wildman–Crippen LogP) is 0.120. The molecular formula is C8H17NO2. The van der Waals surface area contributed by atoms with Crippen LogP contribution in [0, 0.1) is 5.92 Å². The Morgan fingerprint density at radius 1 is 1.55 bits per heavy atom. The summed E-state index contributed by atoms with van der Waals surface area (Å²) in [6, 6.07) is -0.190. The molecule has 0 aromatic heterocycles. The normalized spacial score (nSPS) is 39.5. The van der Waals surface area contributed by atoms with Gasteiger partial charge in [-0.05, 0) is 5.92 Å². The Labute approximate surface area is 67.5 Å². The number of aliphatic hydroxyl groups is 1. The Hall–Kier alpha value is -0.120. The largest absolute Gasteiger partial charge is 0.391 e. The highest BCUT2D eigenvalue weighted by Crippen LogP contribution is 2.19. The first-order valence-corrected chi connectivity index (χ1v) is 4.16. The fraction of sp³-hybridized carbons (Fsp3) is 1.00. The van der Waals surface area contributed by atoms with E-state index in [1.165, 1.54) is 0 Å². The molecule has 0 unspecified atom stereocenters. The minimum Gasteiger partial charge on any atom is -0.391 e. The summed E-state index contributed by atoms with van der Waals surface area (Å²) in [6.45, 7) is 4.67. The van der Waals surface area contributed by atoms with Crippen LogP contribution in [0.15, 0.2) is 0 Å². The summed E-state index contributed by atoms with van der Waals surface area (Å²) < 4.78 is 5.44. The number of hydrogen-bond acceptors (Lipinski definition) is 3. The average molecular weight is 159 g/mol. The third-order valence-electron chi connectivity index (χ3n) is 2.21. The van der Waals surface area contributed by atoms with E-state index in [1.807, 2.05) is 0 Å². The van der Waals surface area contributed by atoms with Crippen molar-refractivity contribution in [1.82, 2.24) is 0 Å². The molecular weight excluding hydrogens is 142 g/mol. The van der Waals surface area contributed by atoms with Crippen molar-refractivity contribution in [1.29, 1.82) is 0 Å². The lowest BCUT2D eigenvalue weighted by Gasteiger charge is -2.33. The van der Waals surface area contributed by atoms with Gasteiger partial charge in [0.05, 0.1) is 24.9 Å². The minimum absolute atomic E-state index is 0.185. The van der Waals surface area contributed by atoms with Crippen LogP contribution in [0.3, 0.4) is 0 Å². The van der Waals surface area contributed by atoms with Gasteiger partial charge in [0.1, 0.15) is 0 Å². The van der Waals surface area contributed by atoms with Crippen molar-refractivity contribution in [2.24, 2.45) is 11.7 Å². The molecule has 0 aromatic carbocycles. The van der Waals surface area contributed by atoms with Gasteiger partial charge in [0.25, 0.3) is 0 Å². The van der Waals surface area contributed by atoms with Gasteiger partial charge in [-0.2, -0.15) is 0 Å². The molecule has 1 fully saturated rings. The van der Waals surface area contributed by atoms with Crippen molar-refractivity contribution in [3.63, 3.8) is 0 Å². The first-order chi connectivity index (χ1) is 5.11. The number of ether oxygens (including phenoxy) is 1. The smallest absolute Gasteiger partial charge is 0.0738 e. The lowest BCUT2D eigenvalue weighted by atomic mass is 9.95. The molecule has 0 amide bonds. The highest BCUT2D eigenvalue weighted by atomic mass is 16.5. The summed E-state index contributed by atoms with van der Waals surface area (Å²) >= 11 is 0. The quantitative estimate of drug-likeness (QED) is 0.571. The van der Waals surface area contributed by atoms with Gasteiger partial charge in [0, 0.05) is 6.42 Å². The number of hydrogen-bond donors (Lipinski definition) is 2. The second-order valence-corrected chi connectivity index (χ2v) is 3.58. The van der Waals surface area contributed by atoms with Crippen LogP contribution in [-0.4, -0.2) is 30.0 Å². The van der Waals surface area contributed by atoms with Gasteiger partial charge in [-0.3, -0.25) is 0 Å². The van der Waals surface area contributed by atoms with Gasteiger partial charge >= 0.3 is 0 Å². The molecule has 0 radical (unpaired) electrons. The zero-order valence-electron chi connectivity index (χ0n) is 7.16. The van der Waals surface area contributed by atoms with Gasteiger partial charge in [0.2, 0.25) is 0 Å². The summed E-state index contributed by atoms with van der Waals surface area (Å²) in [5.74, 6) is 0.470. The van der Waals surface area contributed by atoms with Crippen LogP contribution in [-0.2, 0) is 4.74 Å². The standard InChI is InChI=1S/C8H17NO2/c1-5(2)8-3-7(10)6(9)4-11-8/h5-8,10H,3-4,9H2,1-2H3/t6-,7+,8+/m1/s1. The Balaban J connectivity index is 2.40. The van der Waals surface area contributed by atoms with Crippen molar-refractivity contribution in [3.05, 3.63) is 0 Å². The van der Waals surface area contributed by atoms with E-state index in [0.29, 0.717) is 18.9 Å². The number of aliphatic hydroxyl groups excluding tert-OH is 1. The van der Waals surface area contributed by atoms with Gasteiger partial charge in [0.15, 0.2) is 0 Å². The van der Waals surface area contributed by atoms with Gasteiger partial charge < -0.3 is 15.6 Å². The molecule has 0 saturated carbocycles. The Morgan fingerprint density at radius 2 is 2.18 bits per heavy atom. The van der Waals surface area contributed by atoms with E-state index in [1.54, 1.807) is 0 Å². The Morgan fingerprint density at radius 3 is 2.64 bits per heavy atom. The molecule has 0 bridgehead atoms. The fourth-order valence-electron chi connectivity index (χ4n) is 1.29. The maximum absolute atomic E-state index is 9.39. The molecule has 1 rings (SSSR count). The third kappa shape index (κ3) is 2.15. The average Bonchev–Trinajstić information content (AvgIpc) is 1.94. The van der Waals surface area contributed by atoms with Gasteiger partial charge in [-0.25, -0.2) is 0 Å². The molecule has 0 spiro atoms. The van der Waals surface area contributed by atoms with E-state index in [9.17, 15) is 5.11 Å². The molecule has 3 N–H and O–H groups in total. The lowest BCUT2D eigenvalue weighted by Crippen LogP contribution is -2.47. The van der Waals surface area contributed by atoms with E-state index in [-0.39, 0.29) is 18.2 Å². The summed E-state index contributed by atoms with van der Waals surface area (Å²) in [7, 11) is 0. The van der Waals surface area contributed by atoms with Crippen LogP contribution in [0.5, 0.6) is 0 Å². The van der Waals surface area contributed by atoms with Crippen LogP contribution < -0.4 is 5.73 Å². The topological polar surface area (TPSA) is 55.5 Å². The van der Waals surface area contributed by atoms with E-state index in [4.69, 9.17) is 10.5 Å². The van der Waals surface area contributed by atoms with Crippen LogP contribution in [0.25, 0.3) is 0 Å². The zero-order chi connectivity index (χ0) is 8.43. The van der Waals surface area contributed by atoms with Crippen LogP contribution in [0.4, 0.5) is 0 Å². The van der Waals surface area contributed by atoms with Gasteiger partial charge in [-0.1, -0.05) is 13.8 Å². The second-order valence-electron chi connectivity index (χ2n) is 3.58. The monoisotopic (exact) mass is 159 g/mol. The molecule has 1 heterocycles. The number of rotatable bonds is 1. The van der Waals surface area contributed by atoms with E-state index >= 15 is 0 Å².